The van der Waals surface area contributed by atoms with Crippen molar-refractivity contribution in [1.29, 1.82) is 0 Å². The van der Waals surface area contributed by atoms with Crippen LogP contribution < -0.4 is 0 Å². The van der Waals surface area contributed by atoms with Crippen LogP contribution in [0.25, 0.3) is 0 Å². The molecule has 0 radical (unpaired) electrons. The molecular weight excluding hydrogens is 278 g/mol. The summed E-state index contributed by atoms with van der Waals surface area (Å²) in [6, 6.07) is -0.685. The second-order valence-electron chi connectivity index (χ2n) is 5.22. The number of carbonyl (C=O) groups is 3. The predicted octanol–water partition coefficient (Wildman–Crippen LogP) is -0.554. The molecule has 2 saturated heterocycles. The largest absolute Gasteiger partial charge is 0.465 e. The van der Waals surface area contributed by atoms with Gasteiger partial charge < -0.3 is 19.6 Å². The van der Waals surface area contributed by atoms with Crippen LogP contribution in [0.1, 0.15) is 13.3 Å². The molecule has 2 fully saturated rings. The third-order valence-electron chi connectivity index (χ3n) is 3.95. The summed E-state index contributed by atoms with van der Waals surface area (Å²) in [4.78, 5) is 39.5. The van der Waals surface area contributed by atoms with Gasteiger partial charge in [-0.3, -0.25) is 14.5 Å². The fourth-order valence-corrected chi connectivity index (χ4v) is 2.61. The van der Waals surface area contributed by atoms with Gasteiger partial charge in [-0.25, -0.2) is 4.79 Å². The van der Waals surface area contributed by atoms with E-state index in [4.69, 9.17) is 9.84 Å². The van der Waals surface area contributed by atoms with Crippen molar-refractivity contribution in [3.8, 4) is 0 Å². The molecule has 0 aliphatic carbocycles. The third-order valence-corrected chi connectivity index (χ3v) is 3.95. The zero-order chi connectivity index (χ0) is 15.4. The van der Waals surface area contributed by atoms with Crippen LogP contribution in [0.3, 0.4) is 0 Å². The molecule has 8 heteroatoms. The van der Waals surface area contributed by atoms with Gasteiger partial charge in [0.05, 0.1) is 13.2 Å². The standard InChI is InChI=1S/C13H21N3O5/c1-10-12(18)15(4-5-16(10)13(19)20)3-2-11(17)14-6-8-21-9-7-14/h10H,2-9H2,1H3,(H,19,20)/t10-/m0/s1. The molecule has 0 aromatic rings. The minimum Gasteiger partial charge on any atom is -0.465 e. The number of hydrogen-bond acceptors (Lipinski definition) is 4. The zero-order valence-corrected chi connectivity index (χ0v) is 12.2. The van der Waals surface area contributed by atoms with Crippen molar-refractivity contribution >= 4 is 17.9 Å². The van der Waals surface area contributed by atoms with Crippen molar-refractivity contribution in [1.82, 2.24) is 14.7 Å². The van der Waals surface area contributed by atoms with E-state index in [0.29, 0.717) is 39.4 Å². The Labute approximate surface area is 123 Å². The average Bonchev–Trinajstić information content (AvgIpc) is 2.49. The number of carboxylic acid groups (broad SMARTS) is 1. The number of ether oxygens (including phenoxy) is 1. The highest BCUT2D eigenvalue weighted by Gasteiger charge is 2.34. The molecule has 0 saturated carbocycles. The van der Waals surface area contributed by atoms with Crippen molar-refractivity contribution in [3.63, 3.8) is 0 Å². The van der Waals surface area contributed by atoms with E-state index in [-0.39, 0.29) is 24.8 Å². The Morgan fingerprint density at radius 3 is 2.52 bits per heavy atom. The van der Waals surface area contributed by atoms with Crippen LogP contribution in [0.2, 0.25) is 0 Å². The Kier molecular flexibility index (Phi) is 5.00. The summed E-state index contributed by atoms with van der Waals surface area (Å²) in [7, 11) is 0. The van der Waals surface area contributed by atoms with Gasteiger partial charge in [-0.15, -0.1) is 0 Å². The molecule has 2 rings (SSSR count). The van der Waals surface area contributed by atoms with E-state index in [1.165, 1.54) is 0 Å². The topological polar surface area (TPSA) is 90.4 Å². The highest BCUT2D eigenvalue weighted by Crippen LogP contribution is 2.12. The molecule has 0 unspecified atom stereocenters. The predicted molar refractivity (Wildman–Crippen MR) is 72.8 cm³/mol. The van der Waals surface area contributed by atoms with Gasteiger partial charge >= 0.3 is 6.09 Å². The smallest absolute Gasteiger partial charge is 0.408 e. The monoisotopic (exact) mass is 299 g/mol. The van der Waals surface area contributed by atoms with Gasteiger partial charge in [0, 0.05) is 39.1 Å². The second kappa shape index (κ2) is 6.75. The van der Waals surface area contributed by atoms with E-state index in [2.05, 4.69) is 0 Å². The minimum absolute atomic E-state index is 0.0133. The fourth-order valence-electron chi connectivity index (χ4n) is 2.61. The maximum Gasteiger partial charge on any atom is 0.408 e. The molecule has 0 bridgehead atoms. The van der Waals surface area contributed by atoms with E-state index < -0.39 is 12.1 Å². The Bertz CT molecular complexity index is 422. The lowest BCUT2D eigenvalue weighted by atomic mass is 10.1. The quantitative estimate of drug-likeness (QED) is 0.755. The first-order chi connectivity index (χ1) is 10.0. The lowest BCUT2D eigenvalue weighted by molar-refractivity contribution is -0.141. The molecule has 2 heterocycles. The maximum absolute atomic E-state index is 12.1. The summed E-state index contributed by atoms with van der Waals surface area (Å²) in [6.45, 7) is 4.84. The Balaban J connectivity index is 1.82. The number of nitrogens with zero attached hydrogens (tertiary/aromatic N) is 3. The molecule has 0 aromatic heterocycles. The highest BCUT2D eigenvalue weighted by atomic mass is 16.5. The first-order valence-electron chi connectivity index (χ1n) is 7.14. The lowest BCUT2D eigenvalue weighted by Crippen LogP contribution is -2.57. The second-order valence-corrected chi connectivity index (χ2v) is 5.22. The molecule has 0 aromatic carbocycles. The van der Waals surface area contributed by atoms with Crippen molar-refractivity contribution in [2.24, 2.45) is 0 Å². The number of rotatable bonds is 3. The summed E-state index contributed by atoms with van der Waals surface area (Å²) in [6.07, 6.45) is -0.814. The van der Waals surface area contributed by atoms with E-state index in [9.17, 15) is 14.4 Å². The van der Waals surface area contributed by atoms with E-state index in [0.717, 1.165) is 4.90 Å². The summed E-state index contributed by atoms with van der Waals surface area (Å²) in [5.74, 6) is -0.224. The molecule has 118 valence electrons. The zero-order valence-electron chi connectivity index (χ0n) is 12.2. The first kappa shape index (κ1) is 15.6. The van der Waals surface area contributed by atoms with Gasteiger partial charge in [-0.1, -0.05) is 0 Å². The van der Waals surface area contributed by atoms with Crippen molar-refractivity contribution in [2.75, 3.05) is 45.9 Å². The summed E-state index contributed by atoms with van der Waals surface area (Å²) < 4.78 is 5.19. The van der Waals surface area contributed by atoms with Crippen LogP contribution in [0.15, 0.2) is 0 Å². The molecule has 2 aliphatic rings. The molecule has 2 aliphatic heterocycles. The van der Waals surface area contributed by atoms with Gasteiger partial charge in [-0.2, -0.15) is 0 Å². The average molecular weight is 299 g/mol. The fraction of sp³-hybridized carbons (Fsp3) is 0.769. The SMILES string of the molecule is C[C@H]1C(=O)N(CCC(=O)N2CCOCC2)CCN1C(=O)O. The first-order valence-corrected chi connectivity index (χ1v) is 7.14. The van der Waals surface area contributed by atoms with Crippen molar-refractivity contribution < 1.29 is 24.2 Å². The Morgan fingerprint density at radius 2 is 1.90 bits per heavy atom. The maximum atomic E-state index is 12.1. The van der Waals surface area contributed by atoms with Crippen LogP contribution in [0.4, 0.5) is 4.79 Å². The number of piperazine rings is 1. The third kappa shape index (κ3) is 3.63. The van der Waals surface area contributed by atoms with Gasteiger partial charge in [0.2, 0.25) is 11.8 Å². The van der Waals surface area contributed by atoms with E-state index in [1.807, 2.05) is 0 Å². The van der Waals surface area contributed by atoms with Gasteiger partial charge in [0.15, 0.2) is 0 Å². The summed E-state index contributed by atoms with van der Waals surface area (Å²) >= 11 is 0. The molecule has 1 N–H and O–H groups in total. The van der Waals surface area contributed by atoms with Gasteiger partial charge in [0.25, 0.3) is 0 Å². The summed E-state index contributed by atoms with van der Waals surface area (Å²) in [5.41, 5.74) is 0. The molecule has 1 atom stereocenters. The molecule has 0 spiro atoms. The van der Waals surface area contributed by atoms with Crippen LogP contribution in [-0.4, -0.2) is 89.7 Å². The van der Waals surface area contributed by atoms with Gasteiger partial charge in [-0.05, 0) is 6.92 Å². The number of amides is 3. The summed E-state index contributed by atoms with van der Waals surface area (Å²) in [5, 5.41) is 8.98. The molecule has 8 nitrogen and oxygen atoms in total. The minimum atomic E-state index is -1.08. The Morgan fingerprint density at radius 1 is 1.24 bits per heavy atom. The van der Waals surface area contributed by atoms with Crippen molar-refractivity contribution in [2.45, 2.75) is 19.4 Å². The van der Waals surface area contributed by atoms with Crippen molar-refractivity contribution in [3.05, 3.63) is 0 Å². The van der Waals surface area contributed by atoms with Crippen LogP contribution in [0.5, 0.6) is 0 Å². The number of morpholine rings is 1. The molecular formula is C13H21N3O5. The van der Waals surface area contributed by atoms with E-state index in [1.54, 1.807) is 16.7 Å². The van der Waals surface area contributed by atoms with Gasteiger partial charge in [0.1, 0.15) is 6.04 Å². The van der Waals surface area contributed by atoms with Crippen LogP contribution in [0, 0.1) is 0 Å². The van der Waals surface area contributed by atoms with Crippen LogP contribution >= 0.6 is 0 Å². The normalized spacial score (nSPS) is 23.4. The number of carbonyl (C=O) groups excluding carboxylic acids is 2. The molecule has 21 heavy (non-hydrogen) atoms. The molecule has 3 amide bonds. The lowest BCUT2D eigenvalue weighted by Gasteiger charge is -2.37. The Hall–Kier alpha value is -1.83. The van der Waals surface area contributed by atoms with E-state index >= 15 is 0 Å². The highest BCUT2D eigenvalue weighted by molar-refractivity contribution is 5.86. The number of hydrogen-bond donors (Lipinski definition) is 1. The van der Waals surface area contributed by atoms with Crippen LogP contribution in [-0.2, 0) is 14.3 Å².